The van der Waals surface area contributed by atoms with Crippen molar-refractivity contribution in [3.05, 3.63) is 63.6 Å². The summed E-state index contributed by atoms with van der Waals surface area (Å²) in [7, 11) is 0. The Balaban J connectivity index is 2.15. The second-order valence-electron chi connectivity index (χ2n) is 4.95. The van der Waals surface area contributed by atoms with Gasteiger partial charge in [-0.1, -0.05) is 28.1 Å². The van der Waals surface area contributed by atoms with Gasteiger partial charge in [-0.05, 0) is 55.3 Å². The van der Waals surface area contributed by atoms with Crippen molar-refractivity contribution in [2.45, 2.75) is 26.1 Å². The molecule has 0 saturated heterocycles. The first-order valence-electron chi connectivity index (χ1n) is 6.47. The number of nitrogens with one attached hydrogen (secondary N) is 1. The van der Waals surface area contributed by atoms with Crippen molar-refractivity contribution in [3.63, 3.8) is 0 Å². The highest BCUT2D eigenvalue weighted by atomic mass is 79.9. The van der Waals surface area contributed by atoms with Crippen molar-refractivity contribution in [1.82, 2.24) is 0 Å². The smallest absolute Gasteiger partial charge is 0.378 e. The lowest BCUT2D eigenvalue weighted by Crippen LogP contribution is -2.09. The van der Waals surface area contributed by atoms with E-state index in [0.717, 1.165) is 33.4 Å². The minimum atomic E-state index is -4.29. The summed E-state index contributed by atoms with van der Waals surface area (Å²) in [6.07, 6.45) is -4.29. The summed E-state index contributed by atoms with van der Waals surface area (Å²) in [5, 5.41) is 3.31. The summed E-state index contributed by atoms with van der Waals surface area (Å²) in [5.74, 6) is 0. The minimum absolute atomic E-state index is 0.0767. The molecule has 0 heterocycles. The zero-order chi connectivity index (χ0) is 15.6. The summed E-state index contributed by atoms with van der Waals surface area (Å²) in [6, 6.07) is 11.0. The van der Waals surface area contributed by atoms with Crippen molar-refractivity contribution in [1.29, 1.82) is 0 Å². The number of hydrogen-bond donors (Lipinski definition) is 1. The molecule has 1 atom stereocenters. The molecule has 5 heteroatoms. The van der Waals surface area contributed by atoms with Crippen LogP contribution >= 0.6 is 15.9 Å². The molecule has 2 aromatic carbocycles. The molecule has 112 valence electrons. The van der Waals surface area contributed by atoms with Crippen LogP contribution in [0.4, 0.5) is 18.9 Å². The van der Waals surface area contributed by atoms with Gasteiger partial charge in [0.15, 0.2) is 0 Å². The molecular formula is C16H15BrF3N. The summed E-state index contributed by atoms with van der Waals surface area (Å²) < 4.78 is 38.6. The second kappa shape index (κ2) is 6.10. The van der Waals surface area contributed by atoms with Gasteiger partial charge in [-0.3, -0.25) is 0 Å². The molecule has 1 unspecified atom stereocenters. The maximum atomic E-state index is 12.5. The molecule has 0 bridgehead atoms. The molecule has 0 spiro atoms. The monoisotopic (exact) mass is 357 g/mol. The van der Waals surface area contributed by atoms with Crippen LogP contribution in [-0.4, -0.2) is 0 Å². The Hall–Kier alpha value is -1.49. The van der Waals surface area contributed by atoms with Crippen molar-refractivity contribution < 1.29 is 13.2 Å². The summed E-state index contributed by atoms with van der Waals surface area (Å²) in [4.78, 5) is 0. The maximum Gasteiger partial charge on any atom is 0.416 e. The molecule has 2 aromatic rings. The Morgan fingerprint density at radius 2 is 1.67 bits per heavy atom. The molecule has 0 aliphatic rings. The van der Waals surface area contributed by atoms with Gasteiger partial charge in [0.2, 0.25) is 0 Å². The van der Waals surface area contributed by atoms with Crippen molar-refractivity contribution in [2.24, 2.45) is 0 Å². The molecule has 1 nitrogen and oxygen atoms in total. The molecule has 0 amide bonds. The highest BCUT2D eigenvalue weighted by molar-refractivity contribution is 9.10. The molecule has 1 N–H and O–H groups in total. The van der Waals surface area contributed by atoms with E-state index < -0.39 is 11.7 Å². The maximum absolute atomic E-state index is 12.5. The van der Waals surface area contributed by atoms with Crippen LogP contribution in [0.25, 0.3) is 0 Å². The molecule has 0 fully saturated rings. The van der Waals surface area contributed by atoms with Crippen LogP contribution in [-0.2, 0) is 6.18 Å². The van der Waals surface area contributed by atoms with Crippen LogP contribution in [0.15, 0.2) is 46.9 Å². The van der Waals surface area contributed by atoms with Gasteiger partial charge >= 0.3 is 6.18 Å². The number of benzene rings is 2. The third-order valence-electron chi connectivity index (χ3n) is 3.30. The predicted molar refractivity (Wildman–Crippen MR) is 82.4 cm³/mol. The number of halogens is 4. The van der Waals surface area contributed by atoms with Crippen LogP contribution in [0.2, 0.25) is 0 Å². The fourth-order valence-electron chi connectivity index (χ4n) is 2.07. The molecule has 0 saturated carbocycles. The fraction of sp³-hybridized carbons (Fsp3) is 0.250. The van der Waals surface area contributed by atoms with Crippen molar-refractivity contribution >= 4 is 21.6 Å². The average molecular weight is 358 g/mol. The average Bonchev–Trinajstić information content (AvgIpc) is 2.41. The van der Waals surface area contributed by atoms with E-state index in [4.69, 9.17) is 0 Å². The number of rotatable bonds is 3. The quantitative estimate of drug-likeness (QED) is 0.715. The van der Waals surface area contributed by atoms with Crippen molar-refractivity contribution in [2.75, 3.05) is 5.32 Å². The van der Waals surface area contributed by atoms with E-state index in [-0.39, 0.29) is 6.04 Å². The van der Waals surface area contributed by atoms with Gasteiger partial charge < -0.3 is 5.32 Å². The first-order chi connectivity index (χ1) is 9.77. The molecular weight excluding hydrogens is 343 g/mol. The van der Waals surface area contributed by atoms with E-state index in [1.165, 1.54) is 12.1 Å². The SMILES string of the molecule is Cc1cc(Br)ccc1NC(C)c1ccc(C(F)(F)F)cc1. The zero-order valence-electron chi connectivity index (χ0n) is 11.6. The van der Waals surface area contributed by atoms with E-state index >= 15 is 0 Å². The Morgan fingerprint density at radius 1 is 1.05 bits per heavy atom. The lowest BCUT2D eigenvalue weighted by molar-refractivity contribution is -0.137. The van der Waals surface area contributed by atoms with E-state index in [1.807, 2.05) is 32.0 Å². The molecule has 0 radical (unpaired) electrons. The zero-order valence-corrected chi connectivity index (χ0v) is 13.2. The van der Waals surface area contributed by atoms with Gasteiger partial charge in [-0.2, -0.15) is 13.2 Å². The van der Waals surface area contributed by atoms with Crippen molar-refractivity contribution in [3.8, 4) is 0 Å². The lowest BCUT2D eigenvalue weighted by Gasteiger charge is -2.18. The van der Waals surface area contributed by atoms with Gasteiger partial charge in [-0.15, -0.1) is 0 Å². The van der Waals surface area contributed by atoms with Gasteiger partial charge in [0.1, 0.15) is 0 Å². The van der Waals surface area contributed by atoms with Gasteiger partial charge in [-0.25, -0.2) is 0 Å². The summed E-state index contributed by atoms with van der Waals surface area (Å²) >= 11 is 3.40. The van der Waals surface area contributed by atoms with Crippen LogP contribution < -0.4 is 5.32 Å². The third kappa shape index (κ3) is 4.00. The normalized spacial score (nSPS) is 13.0. The third-order valence-corrected chi connectivity index (χ3v) is 3.79. The first kappa shape index (κ1) is 15.9. The predicted octanol–water partition coefficient (Wildman–Crippen LogP) is 5.95. The van der Waals surface area contributed by atoms with Crippen LogP contribution in [0, 0.1) is 6.92 Å². The van der Waals surface area contributed by atoms with E-state index in [1.54, 1.807) is 0 Å². The van der Waals surface area contributed by atoms with Gasteiger partial charge in [0.25, 0.3) is 0 Å². The van der Waals surface area contributed by atoms with Crippen LogP contribution in [0.5, 0.6) is 0 Å². The standard InChI is InChI=1S/C16H15BrF3N/c1-10-9-14(17)7-8-15(10)21-11(2)12-3-5-13(6-4-12)16(18,19)20/h3-9,11,21H,1-2H3. The number of anilines is 1. The van der Waals surface area contributed by atoms with Gasteiger partial charge in [0.05, 0.1) is 5.56 Å². The first-order valence-corrected chi connectivity index (χ1v) is 7.26. The highest BCUT2D eigenvalue weighted by Crippen LogP contribution is 2.31. The largest absolute Gasteiger partial charge is 0.416 e. The van der Waals surface area contributed by atoms with E-state index in [2.05, 4.69) is 21.2 Å². The molecule has 2 rings (SSSR count). The van der Waals surface area contributed by atoms with Crippen LogP contribution in [0.1, 0.15) is 29.7 Å². The number of alkyl halides is 3. The number of hydrogen-bond acceptors (Lipinski definition) is 1. The molecule has 0 aliphatic carbocycles. The Kier molecular flexibility index (Phi) is 4.61. The van der Waals surface area contributed by atoms with E-state index in [0.29, 0.717) is 0 Å². The Labute approximate surface area is 130 Å². The summed E-state index contributed by atoms with van der Waals surface area (Å²) in [5.41, 5.74) is 2.22. The highest BCUT2D eigenvalue weighted by Gasteiger charge is 2.30. The number of aryl methyl sites for hydroxylation is 1. The Morgan fingerprint density at radius 3 is 2.19 bits per heavy atom. The summed E-state index contributed by atoms with van der Waals surface area (Å²) in [6.45, 7) is 3.90. The Bertz CT molecular complexity index is 620. The lowest BCUT2D eigenvalue weighted by atomic mass is 10.0. The van der Waals surface area contributed by atoms with Gasteiger partial charge in [0, 0.05) is 16.2 Å². The fourth-order valence-corrected chi connectivity index (χ4v) is 2.54. The minimum Gasteiger partial charge on any atom is -0.378 e. The second-order valence-corrected chi connectivity index (χ2v) is 5.86. The van der Waals surface area contributed by atoms with E-state index in [9.17, 15) is 13.2 Å². The topological polar surface area (TPSA) is 12.0 Å². The molecule has 0 aromatic heterocycles. The van der Waals surface area contributed by atoms with Crippen LogP contribution in [0.3, 0.4) is 0 Å². The molecule has 21 heavy (non-hydrogen) atoms. The molecule has 0 aliphatic heterocycles.